The number of carboxylic acid groups (broad SMARTS) is 1. The lowest BCUT2D eigenvalue weighted by molar-refractivity contribution is -0.139. The van der Waals surface area contributed by atoms with Crippen LogP contribution >= 0.6 is 11.8 Å². The van der Waals surface area contributed by atoms with Crippen LogP contribution in [0.3, 0.4) is 0 Å². The number of nitrogens with one attached hydrogen (secondary N) is 1. The fourth-order valence-corrected chi connectivity index (χ4v) is 4.21. The Kier molecular flexibility index (Phi) is 5.65. The van der Waals surface area contributed by atoms with E-state index in [2.05, 4.69) is 32.2 Å². The van der Waals surface area contributed by atoms with Crippen LogP contribution in [0.1, 0.15) is 34.1 Å². The molecule has 0 bridgehead atoms. The van der Waals surface area contributed by atoms with E-state index in [1.807, 2.05) is 24.8 Å². The number of thioether (sulfide) groups is 1. The molecule has 0 saturated carbocycles. The van der Waals surface area contributed by atoms with E-state index >= 15 is 0 Å². The molecule has 20 heavy (non-hydrogen) atoms. The first-order valence-electron chi connectivity index (χ1n) is 6.77. The molecule has 0 aromatic carbocycles. The lowest BCUT2D eigenvalue weighted by Gasteiger charge is -2.48. The van der Waals surface area contributed by atoms with E-state index < -0.39 is 17.9 Å². The highest BCUT2D eigenvalue weighted by atomic mass is 32.2. The Morgan fingerprint density at radius 1 is 1.50 bits per heavy atom. The molecule has 1 unspecified atom stereocenters. The van der Waals surface area contributed by atoms with Crippen molar-refractivity contribution in [2.75, 3.05) is 0 Å². The number of nitrogens with two attached hydrogens (primary N) is 1. The maximum Gasteiger partial charge on any atom is 0.305 e. The van der Waals surface area contributed by atoms with Gasteiger partial charge in [-0.3, -0.25) is 9.59 Å². The zero-order valence-corrected chi connectivity index (χ0v) is 13.2. The van der Waals surface area contributed by atoms with Crippen molar-refractivity contribution in [2.45, 2.75) is 56.2 Å². The van der Waals surface area contributed by atoms with Gasteiger partial charge in [0.1, 0.15) is 0 Å². The van der Waals surface area contributed by atoms with Crippen molar-refractivity contribution in [3.63, 3.8) is 0 Å². The molecule has 4 atom stereocenters. The van der Waals surface area contributed by atoms with E-state index in [4.69, 9.17) is 10.8 Å². The summed E-state index contributed by atoms with van der Waals surface area (Å²) < 4.78 is 0.235. The van der Waals surface area contributed by atoms with Crippen molar-refractivity contribution < 1.29 is 14.7 Å². The summed E-state index contributed by atoms with van der Waals surface area (Å²) in [7, 11) is 0. The molecule has 4 N–H and O–H groups in total. The van der Waals surface area contributed by atoms with Gasteiger partial charge in [0.2, 0.25) is 5.91 Å². The number of aliphatic carboxylic acids is 1. The van der Waals surface area contributed by atoms with Crippen molar-refractivity contribution >= 4 is 23.6 Å². The van der Waals surface area contributed by atoms with Gasteiger partial charge in [0.25, 0.3) is 0 Å². The van der Waals surface area contributed by atoms with Crippen LogP contribution in [0.2, 0.25) is 0 Å². The molecule has 1 saturated heterocycles. The Balaban J connectivity index is 2.45. The van der Waals surface area contributed by atoms with Crippen LogP contribution in [0.4, 0.5) is 0 Å². The molecule has 6 heteroatoms. The van der Waals surface area contributed by atoms with Crippen LogP contribution < -0.4 is 11.1 Å². The molecule has 114 valence electrons. The van der Waals surface area contributed by atoms with Crippen LogP contribution in [-0.4, -0.2) is 39.1 Å². The number of hydrogen-bond acceptors (Lipinski definition) is 4. The molecule has 0 aromatic rings. The van der Waals surface area contributed by atoms with E-state index in [-0.39, 0.29) is 17.2 Å². The summed E-state index contributed by atoms with van der Waals surface area (Å²) >= 11 is 1.95. The molecule has 5 nitrogen and oxygen atoms in total. The number of hydrogen-bond donors (Lipinski definition) is 3. The van der Waals surface area contributed by atoms with Gasteiger partial charge >= 0.3 is 5.97 Å². The lowest BCUT2D eigenvalue weighted by atomic mass is 9.89. The summed E-state index contributed by atoms with van der Waals surface area (Å²) in [6.45, 7) is 8.46. The third-order valence-electron chi connectivity index (χ3n) is 3.51. The van der Waals surface area contributed by atoms with Gasteiger partial charge in [-0.1, -0.05) is 32.9 Å². The SMILES string of the molecule is CC(C=C[C@@H]1[C@@H](C)SC1(C)C)NC(=O)[C@@H](N)CC(=O)O. The van der Waals surface area contributed by atoms with E-state index in [1.54, 1.807) is 0 Å². The van der Waals surface area contributed by atoms with E-state index in [0.29, 0.717) is 11.2 Å². The first-order valence-corrected chi connectivity index (χ1v) is 7.65. The Hall–Kier alpha value is -1.01. The lowest BCUT2D eigenvalue weighted by Crippen LogP contribution is -2.46. The normalized spacial score (nSPS) is 27.6. The number of carbonyl (C=O) groups is 2. The molecular formula is C14H24N2O3S. The minimum atomic E-state index is -1.07. The maximum absolute atomic E-state index is 11.7. The number of amides is 1. The summed E-state index contributed by atoms with van der Waals surface area (Å²) in [6, 6.07) is -1.16. The van der Waals surface area contributed by atoms with Crippen molar-refractivity contribution in [1.29, 1.82) is 0 Å². The zero-order valence-electron chi connectivity index (χ0n) is 12.4. The van der Waals surface area contributed by atoms with Gasteiger partial charge in [-0.2, -0.15) is 11.8 Å². The van der Waals surface area contributed by atoms with Crippen molar-refractivity contribution in [2.24, 2.45) is 11.7 Å². The van der Waals surface area contributed by atoms with Gasteiger partial charge in [0, 0.05) is 22.0 Å². The van der Waals surface area contributed by atoms with Crippen LogP contribution in [0, 0.1) is 5.92 Å². The molecule has 1 heterocycles. The minimum Gasteiger partial charge on any atom is -0.481 e. The minimum absolute atomic E-state index is 0.157. The van der Waals surface area contributed by atoms with Crippen molar-refractivity contribution in [3.8, 4) is 0 Å². The second-order valence-corrected chi connectivity index (χ2v) is 7.87. The predicted molar refractivity (Wildman–Crippen MR) is 81.6 cm³/mol. The summed E-state index contributed by atoms with van der Waals surface area (Å²) in [5.41, 5.74) is 5.50. The van der Waals surface area contributed by atoms with Gasteiger partial charge < -0.3 is 16.2 Å². The molecule has 0 aromatic heterocycles. The Morgan fingerprint density at radius 3 is 2.55 bits per heavy atom. The number of rotatable bonds is 6. The monoisotopic (exact) mass is 300 g/mol. The van der Waals surface area contributed by atoms with Gasteiger partial charge in [-0.15, -0.1) is 0 Å². The molecule has 1 aliphatic heterocycles. The summed E-state index contributed by atoms with van der Waals surface area (Å²) in [6.07, 6.45) is 3.73. The van der Waals surface area contributed by atoms with Gasteiger partial charge in [-0.05, 0) is 6.92 Å². The predicted octanol–water partition coefficient (Wildman–Crippen LogP) is 1.38. The smallest absolute Gasteiger partial charge is 0.305 e. The molecule has 1 rings (SSSR count). The fourth-order valence-electron chi connectivity index (χ4n) is 2.46. The highest BCUT2D eigenvalue weighted by molar-refractivity contribution is 8.02. The largest absolute Gasteiger partial charge is 0.481 e. The van der Waals surface area contributed by atoms with Gasteiger partial charge in [0.15, 0.2) is 0 Å². The highest BCUT2D eigenvalue weighted by Crippen LogP contribution is 2.51. The second kappa shape index (κ2) is 6.63. The van der Waals surface area contributed by atoms with Crippen LogP contribution in [0.5, 0.6) is 0 Å². The van der Waals surface area contributed by atoms with Crippen molar-refractivity contribution in [1.82, 2.24) is 5.32 Å². The molecule has 0 aliphatic carbocycles. The molecule has 1 aliphatic rings. The highest BCUT2D eigenvalue weighted by Gasteiger charge is 2.43. The third kappa shape index (κ3) is 4.52. The van der Waals surface area contributed by atoms with Gasteiger partial charge in [0.05, 0.1) is 12.5 Å². The van der Waals surface area contributed by atoms with E-state index in [1.165, 1.54) is 0 Å². The number of carboxylic acids is 1. The van der Waals surface area contributed by atoms with Crippen molar-refractivity contribution in [3.05, 3.63) is 12.2 Å². The van der Waals surface area contributed by atoms with Gasteiger partial charge in [-0.25, -0.2) is 0 Å². The third-order valence-corrected chi connectivity index (χ3v) is 5.05. The van der Waals surface area contributed by atoms with Crippen LogP contribution in [0.25, 0.3) is 0 Å². The summed E-state index contributed by atoms with van der Waals surface area (Å²) in [5, 5.41) is 11.9. The molecule has 1 amide bonds. The number of carbonyl (C=O) groups excluding carboxylic acids is 1. The Morgan fingerprint density at radius 2 is 2.10 bits per heavy atom. The van der Waals surface area contributed by atoms with E-state index in [9.17, 15) is 9.59 Å². The Bertz CT molecular complexity index is 409. The first kappa shape index (κ1) is 17.0. The summed E-state index contributed by atoms with van der Waals surface area (Å²) in [4.78, 5) is 22.2. The summed E-state index contributed by atoms with van der Waals surface area (Å²) in [5.74, 6) is -1.02. The zero-order chi connectivity index (χ0) is 15.5. The topological polar surface area (TPSA) is 92.4 Å². The molecule has 0 spiro atoms. The average Bonchev–Trinajstić information content (AvgIpc) is 2.26. The fraction of sp³-hybridized carbons (Fsp3) is 0.714. The molecular weight excluding hydrogens is 276 g/mol. The number of allylic oxidation sites excluding steroid dienone is 1. The quantitative estimate of drug-likeness (QED) is 0.644. The van der Waals surface area contributed by atoms with Crippen LogP contribution in [0.15, 0.2) is 12.2 Å². The first-order chi connectivity index (χ1) is 9.13. The Labute approximate surface area is 124 Å². The standard InChI is InChI=1S/C14H24N2O3S/c1-8(16-13(19)11(15)7-12(17)18)5-6-10-9(2)20-14(10,3)4/h5-6,8-11H,7,15H2,1-4H3,(H,16,19)(H,17,18)/t8?,9-,10-,11+/m1/s1. The van der Waals surface area contributed by atoms with Crippen LogP contribution in [-0.2, 0) is 9.59 Å². The van der Waals surface area contributed by atoms with E-state index in [0.717, 1.165) is 0 Å². The maximum atomic E-state index is 11.7. The second-order valence-electron chi connectivity index (χ2n) is 5.84. The molecule has 1 fully saturated rings. The molecule has 0 radical (unpaired) electrons. The average molecular weight is 300 g/mol.